The molecule has 0 aromatic heterocycles. The minimum absolute atomic E-state index is 0.173. The van der Waals surface area contributed by atoms with Crippen LogP contribution in [-0.4, -0.2) is 19.6 Å². The molecular weight excluding hydrogens is 333 g/mol. The van der Waals surface area contributed by atoms with E-state index in [4.69, 9.17) is 21.1 Å². The summed E-state index contributed by atoms with van der Waals surface area (Å²) in [5, 5.41) is 3.38. The molecule has 0 fully saturated rings. The molecule has 24 heavy (non-hydrogen) atoms. The van der Waals surface area contributed by atoms with Crippen LogP contribution >= 0.6 is 11.6 Å². The fourth-order valence-electron chi connectivity index (χ4n) is 2.17. The minimum Gasteiger partial charge on any atom is -0.494 e. The molecule has 0 aliphatic heterocycles. The number of ether oxygens (including phenoxy) is 2. The van der Waals surface area contributed by atoms with Gasteiger partial charge in [0, 0.05) is 5.02 Å². The van der Waals surface area contributed by atoms with E-state index in [1.807, 2.05) is 0 Å². The van der Waals surface area contributed by atoms with Crippen LogP contribution in [0.4, 0.5) is 4.39 Å². The van der Waals surface area contributed by atoms with E-state index in [9.17, 15) is 9.18 Å². The number of hydrogen-bond acceptors (Lipinski definition) is 3. The molecule has 2 aromatic carbocycles. The molecule has 6 heteroatoms. The summed E-state index contributed by atoms with van der Waals surface area (Å²) in [6, 6.07) is 11.3. The van der Waals surface area contributed by atoms with E-state index in [2.05, 4.69) is 5.32 Å². The van der Waals surface area contributed by atoms with Gasteiger partial charge in [0.15, 0.2) is 11.6 Å². The first-order chi connectivity index (χ1) is 11.5. The summed E-state index contributed by atoms with van der Waals surface area (Å²) in [6.07, 6.45) is 0.190. The van der Waals surface area contributed by atoms with E-state index in [1.165, 1.54) is 19.2 Å². The normalized spacial score (nSPS) is 11.7. The molecule has 1 atom stereocenters. The van der Waals surface area contributed by atoms with Crippen LogP contribution in [-0.2, 0) is 4.79 Å². The Bertz CT molecular complexity index is 708. The van der Waals surface area contributed by atoms with Gasteiger partial charge in [-0.3, -0.25) is 4.79 Å². The van der Waals surface area contributed by atoms with Crippen LogP contribution in [0.2, 0.25) is 5.02 Å². The number of methoxy groups -OCH3 is 1. The standard InChI is InChI=1S/C18H19ClFNO3/c1-12(13-6-7-17(23-2)16(20)10-13)21-18(22)8-9-24-15-5-3-4-14(19)11-15/h3-7,10-12H,8-9H2,1-2H3,(H,21,22)/t12-/m1/s1. The highest BCUT2D eigenvalue weighted by Crippen LogP contribution is 2.22. The highest BCUT2D eigenvalue weighted by molar-refractivity contribution is 6.30. The van der Waals surface area contributed by atoms with Crippen molar-refractivity contribution < 1.29 is 18.7 Å². The zero-order valence-corrected chi connectivity index (χ0v) is 14.3. The Labute approximate surface area is 145 Å². The van der Waals surface area contributed by atoms with Crippen LogP contribution in [0.5, 0.6) is 11.5 Å². The summed E-state index contributed by atoms with van der Waals surface area (Å²) in [6.45, 7) is 2.02. The number of amides is 1. The van der Waals surface area contributed by atoms with E-state index < -0.39 is 5.82 Å². The monoisotopic (exact) mass is 351 g/mol. The molecule has 0 saturated heterocycles. The largest absolute Gasteiger partial charge is 0.494 e. The topological polar surface area (TPSA) is 47.6 Å². The minimum atomic E-state index is -0.458. The van der Waals surface area contributed by atoms with Crippen LogP contribution in [0.1, 0.15) is 24.9 Å². The Morgan fingerprint density at radius 3 is 2.75 bits per heavy atom. The number of carbonyl (C=O) groups excluding carboxylic acids is 1. The second kappa shape index (κ2) is 8.55. The van der Waals surface area contributed by atoms with E-state index in [0.29, 0.717) is 16.3 Å². The fourth-order valence-corrected chi connectivity index (χ4v) is 2.35. The van der Waals surface area contributed by atoms with Gasteiger partial charge in [-0.25, -0.2) is 4.39 Å². The van der Waals surface area contributed by atoms with Crippen molar-refractivity contribution in [3.05, 3.63) is 58.9 Å². The maximum absolute atomic E-state index is 13.7. The van der Waals surface area contributed by atoms with Gasteiger partial charge in [-0.15, -0.1) is 0 Å². The van der Waals surface area contributed by atoms with Crippen molar-refractivity contribution in [3.8, 4) is 11.5 Å². The summed E-state index contributed by atoms with van der Waals surface area (Å²) in [5.74, 6) is 0.147. The molecule has 0 spiro atoms. The summed E-state index contributed by atoms with van der Waals surface area (Å²) in [4.78, 5) is 12.0. The molecule has 0 aliphatic rings. The van der Waals surface area contributed by atoms with Crippen molar-refractivity contribution in [1.29, 1.82) is 0 Å². The number of benzene rings is 2. The lowest BCUT2D eigenvalue weighted by Gasteiger charge is -2.15. The van der Waals surface area contributed by atoms with Crippen LogP contribution in [0, 0.1) is 5.82 Å². The van der Waals surface area contributed by atoms with Crippen LogP contribution in [0.15, 0.2) is 42.5 Å². The van der Waals surface area contributed by atoms with Gasteiger partial charge in [0.2, 0.25) is 5.91 Å². The summed E-state index contributed by atoms with van der Waals surface area (Å²) in [5.41, 5.74) is 0.664. The Kier molecular flexibility index (Phi) is 6.44. The van der Waals surface area contributed by atoms with Gasteiger partial charge >= 0.3 is 0 Å². The first kappa shape index (κ1) is 18.1. The highest BCUT2D eigenvalue weighted by Gasteiger charge is 2.12. The molecule has 0 unspecified atom stereocenters. The summed E-state index contributed by atoms with van der Waals surface area (Å²) >= 11 is 5.86. The van der Waals surface area contributed by atoms with Crippen LogP contribution in [0.25, 0.3) is 0 Å². The van der Waals surface area contributed by atoms with Gasteiger partial charge in [0.1, 0.15) is 5.75 Å². The number of carbonyl (C=O) groups is 1. The van der Waals surface area contributed by atoms with Crippen molar-refractivity contribution in [1.82, 2.24) is 5.32 Å². The molecule has 0 saturated carbocycles. The first-order valence-electron chi connectivity index (χ1n) is 7.50. The van der Waals surface area contributed by atoms with E-state index in [1.54, 1.807) is 37.3 Å². The van der Waals surface area contributed by atoms with Crippen molar-refractivity contribution in [2.75, 3.05) is 13.7 Å². The molecule has 0 radical (unpaired) electrons. The van der Waals surface area contributed by atoms with Crippen molar-refractivity contribution in [3.63, 3.8) is 0 Å². The zero-order chi connectivity index (χ0) is 17.5. The smallest absolute Gasteiger partial charge is 0.223 e. The van der Waals surface area contributed by atoms with Gasteiger partial charge in [-0.05, 0) is 42.8 Å². The number of nitrogens with one attached hydrogen (secondary N) is 1. The Morgan fingerprint density at radius 1 is 1.29 bits per heavy atom. The molecule has 4 nitrogen and oxygen atoms in total. The SMILES string of the molecule is COc1ccc([C@@H](C)NC(=O)CCOc2cccc(Cl)c2)cc1F. The lowest BCUT2D eigenvalue weighted by molar-refractivity contribution is -0.122. The van der Waals surface area contributed by atoms with Crippen LogP contribution in [0.3, 0.4) is 0 Å². The molecule has 128 valence electrons. The molecular formula is C18H19ClFNO3. The molecule has 0 heterocycles. The van der Waals surface area contributed by atoms with E-state index >= 15 is 0 Å². The third-order valence-corrected chi connectivity index (χ3v) is 3.68. The zero-order valence-electron chi connectivity index (χ0n) is 13.5. The Morgan fingerprint density at radius 2 is 2.08 bits per heavy atom. The molecule has 2 rings (SSSR count). The fraction of sp³-hybridized carbons (Fsp3) is 0.278. The van der Waals surface area contributed by atoms with Gasteiger partial charge in [0.05, 0.1) is 26.2 Å². The van der Waals surface area contributed by atoms with Crippen molar-refractivity contribution in [2.24, 2.45) is 0 Å². The van der Waals surface area contributed by atoms with Crippen molar-refractivity contribution in [2.45, 2.75) is 19.4 Å². The maximum atomic E-state index is 13.7. The quantitative estimate of drug-likeness (QED) is 0.815. The van der Waals surface area contributed by atoms with Gasteiger partial charge in [-0.2, -0.15) is 0 Å². The molecule has 1 N–H and O–H groups in total. The third-order valence-electron chi connectivity index (χ3n) is 3.45. The van der Waals surface area contributed by atoms with Crippen molar-refractivity contribution >= 4 is 17.5 Å². The van der Waals surface area contributed by atoms with Gasteiger partial charge < -0.3 is 14.8 Å². The maximum Gasteiger partial charge on any atom is 0.223 e. The van der Waals surface area contributed by atoms with Gasteiger partial charge in [0.25, 0.3) is 0 Å². The van der Waals surface area contributed by atoms with Gasteiger partial charge in [-0.1, -0.05) is 23.7 Å². The summed E-state index contributed by atoms with van der Waals surface area (Å²) < 4.78 is 24.1. The first-order valence-corrected chi connectivity index (χ1v) is 7.88. The van der Waals surface area contributed by atoms with E-state index in [0.717, 1.165) is 0 Å². The average molecular weight is 352 g/mol. The Balaban J connectivity index is 1.82. The lowest BCUT2D eigenvalue weighted by atomic mass is 10.1. The lowest BCUT2D eigenvalue weighted by Crippen LogP contribution is -2.27. The second-order valence-corrected chi connectivity index (χ2v) is 5.68. The predicted octanol–water partition coefficient (Wildman–Crippen LogP) is 4.13. The number of rotatable bonds is 7. The number of hydrogen-bond donors (Lipinski definition) is 1. The molecule has 0 bridgehead atoms. The number of halogens is 2. The average Bonchev–Trinajstić information content (AvgIpc) is 2.54. The molecule has 1 amide bonds. The highest BCUT2D eigenvalue weighted by atomic mass is 35.5. The summed E-state index contributed by atoms with van der Waals surface area (Å²) in [7, 11) is 1.41. The third kappa shape index (κ3) is 5.13. The second-order valence-electron chi connectivity index (χ2n) is 5.24. The molecule has 0 aliphatic carbocycles. The van der Waals surface area contributed by atoms with E-state index in [-0.39, 0.29) is 30.7 Å². The predicted molar refractivity (Wildman–Crippen MR) is 91.1 cm³/mol. The van der Waals surface area contributed by atoms with Crippen LogP contribution < -0.4 is 14.8 Å². The Hall–Kier alpha value is -2.27. The molecule has 2 aromatic rings.